The number of H-pyrrole nitrogens is 1. The van der Waals surface area contributed by atoms with Gasteiger partial charge in [0.1, 0.15) is 5.82 Å². The largest absolute Gasteiger partial charge is 0.379 e. The molecule has 0 bridgehead atoms. The predicted octanol–water partition coefficient (Wildman–Crippen LogP) is 6.91. The van der Waals surface area contributed by atoms with Gasteiger partial charge < -0.3 is 10.3 Å². The molecule has 6 rings (SSSR count). The van der Waals surface area contributed by atoms with Gasteiger partial charge in [-0.15, -0.1) is 0 Å². The first-order valence-electron chi connectivity index (χ1n) is 10.0. The SMILES string of the molecule is CC1=C(c2nc3c4cc(I)ccc4c4ccc(I)cc4c3[nH]2)C2C=CC=CC2(C)N1. The van der Waals surface area contributed by atoms with Crippen LogP contribution >= 0.6 is 45.2 Å². The summed E-state index contributed by atoms with van der Waals surface area (Å²) in [5.41, 5.74) is 4.53. The zero-order chi connectivity index (χ0) is 20.6. The number of allylic oxidation sites excluding steroid dienone is 3. The molecule has 1 aromatic heterocycles. The van der Waals surface area contributed by atoms with Crippen LogP contribution in [-0.4, -0.2) is 15.5 Å². The van der Waals surface area contributed by atoms with Crippen molar-refractivity contribution >= 4 is 83.3 Å². The molecule has 2 aliphatic rings. The minimum absolute atomic E-state index is 0.0952. The average molecular weight is 615 g/mol. The first kappa shape index (κ1) is 18.9. The van der Waals surface area contributed by atoms with Crippen LogP contribution in [0.15, 0.2) is 66.4 Å². The van der Waals surface area contributed by atoms with E-state index in [1.807, 2.05) is 0 Å². The first-order valence-corrected chi connectivity index (χ1v) is 12.2. The Kier molecular flexibility index (Phi) is 4.13. The van der Waals surface area contributed by atoms with Gasteiger partial charge in [0.2, 0.25) is 0 Å². The molecule has 2 unspecified atom stereocenters. The van der Waals surface area contributed by atoms with Gasteiger partial charge in [0.15, 0.2) is 0 Å². The predicted molar refractivity (Wildman–Crippen MR) is 142 cm³/mol. The molecule has 4 aromatic rings. The fraction of sp³-hybridized carbons (Fsp3) is 0.160. The number of hydrogen-bond donors (Lipinski definition) is 2. The van der Waals surface area contributed by atoms with Crippen molar-refractivity contribution in [2.24, 2.45) is 5.92 Å². The molecule has 2 heterocycles. The molecular formula is C25H19I2N3. The highest BCUT2D eigenvalue weighted by atomic mass is 127. The number of fused-ring (bicyclic) bond motifs is 7. The summed E-state index contributed by atoms with van der Waals surface area (Å²) in [5.74, 6) is 1.23. The van der Waals surface area contributed by atoms with Crippen LogP contribution in [0.5, 0.6) is 0 Å². The van der Waals surface area contributed by atoms with Crippen LogP contribution in [-0.2, 0) is 0 Å². The molecule has 2 atom stereocenters. The number of nitrogens with one attached hydrogen (secondary N) is 2. The lowest BCUT2D eigenvalue weighted by Gasteiger charge is -2.30. The number of benzene rings is 3. The maximum absolute atomic E-state index is 5.20. The van der Waals surface area contributed by atoms with E-state index < -0.39 is 0 Å². The molecule has 0 saturated heterocycles. The summed E-state index contributed by atoms with van der Waals surface area (Å²) in [6.07, 6.45) is 8.81. The topological polar surface area (TPSA) is 40.7 Å². The standard InChI is InChI=1S/C25H19I2N3/c1-13-21(20-5-3-4-10-25(20,2)30-13)24-28-22-18-11-14(26)6-8-16(18)17-9-7-15(27)12-19(17)23(22)29-24/h3-12,20,30H,1-2H3,(H,28,29). The number of halogens is 2. The van der Waals surface area contributed by atoms with E-state index in [2.05, 4.69) is 130 Å². The number of aromatic nitrogens is 2. The molecule has 0 spiro atoms. The molecule has 5 heteroatoms. The lowest BCUT2D eigenvalue weighted by atomic mass is 9.80. The normalized spacial score (nSPS) is 23.0. The Morgan fingerprint density at radius 1 is 0.933 bits per heavy atom. The van der Waals surface area contributed by atoms with Crippen LogP contribution in [0, 0.1) is 13.1 Å². The Bertz CT molecular complexity index is 1400. The molecule has 3 aromatic carbocycles. The zero-order valence-electron chi connectivity index (χ0n) is 16.6. The van der Waals surface area contributed by atoms with Crippen molar-refractivity contribution in [3.63, 3.8) is 0 Å². The van der Waals surface area contributed by atoms with E-state index in [1.54, 1.807) is 0 Å². The van der Waals surface area contributed by atoms with Gasteiger partial charge in [0.25, 0.3) is 0 Å². The summed E-state index contributed by atoms with van der Waals surface area (Å²) < 4.78 is 2.45. The van der Waals surface area contributed by atoms with Crippen LogP contribution in [0.2, 0.25) is 0 Å². The Morgan fingerprint density at radius 2 is 1.63 bits per heavy atom. The van der Waals surface area contributed by atoms with Crippen LogP contribution in [0.1, 0.15) is 19.7 Å². The van der Waals surface area contributed by atoms with Gasteiger partial charge in [-0.3, -0.25) is 0 Å². The maximum Gasteiger partial charge on any atom is 0.136 e. The van der Waals surface area contributed by atoms with E-state index in [1.165, 1.54) is 40.0 Å². The molecule has 30 heavy (non-hydrogen) atoms. The molecule has 148 valence electrons. The lowest BCUT2D eigenvalue weighted by Crippen LogP contribution is -2.41. The van der Waals surface area contributed by atoms with Crippen LogP contribution < -0.4 is 5.32 Å². The lowest BCUT2D eigenvalue weighted by molar-refractivity contribution is 0.456. The highest BCUT2D eigenvalue weighted by Gasteiger charge is 2.42. The van der Waals surface area contributed by atoms with E-state index in [0.29, 0.717) is 0 Å². The fourth-order valence-electron chi connectivity index (χ4n) is 5.08. The minimum Gasteiger partial charge on any atom is -0.379 e. The van der Waals surface area contributed by atoms with E-state index >= 15 is 0 Å². The van der Waals surface area contributed by atoms with Gasteiger partial charge in [-0.1, -0.05) is 36.4 Å². The van der Waals surface area contributed by atoms with Crippen molar-refractivity contribution in [1.29, 1.82) is 0 Å². The molecule has 0 radical (unpaired) electrons. The molecule has 0 saturated carbocycles. The van der Waals surface area contributed by atoms with Crippen LogP contribution in [0.4, 0.5) is 0 Å². The van der Waals surface area contributed by atoms with Crippen molar-refractivity contribution in [3.05, 3.63) is 79.4 Å². The van der Waals surface area contributed by atoms with Crippen molar-refractivity contribution in [3.8, 4) is 0 Å². The number of hydrogen-bond acceptors (Lipinski definition) is 2. The third-order valence-electron chi connectivity index (χ3n) is 6.41. The number of rotatable bonds is 1. The second-order valence-corrected chi connectivity index (χ2v) is 10.8. The summed E-state index contributed by atoms with van der Waals surface area (Å²) in [6, 6.07) is 13.3. The smallest absolute Gasteiger partial charge is 0.136 e. The van der Waals surface area contributed by atoms with Crippen LogP contribution in [0.25, 0.3) is 38.2 Å². The Labute approximate surface area is 202 Å². The molecular weight excluding hydrogens is 596 g/mol. The van der Waals surface area contributed by atoms with Gasteiger partial charge in [-0.2, -0.15) is 0 Å². The van der Waals surface area contributed by atoms with E-state index in [0.717, 1.165) is 16.9 Å². The van der Waals surface area contributed by atoms with E-state index in [-0.39, 0.29) is 11.5 Å². The molecule has 0 amide bonds. The van der Waals surface area contributed by atoms with Crippen LogP contribution in [0.3, 0.4) is 0 Å². The summed E-state index contributed by atoms with van der Waals surface area (Å²) in [4.78, 5) is 8.93. The third kappa shape index (κ3) is 2.64. The Hall–Kier alpha value is -1.87. The molecule has 1 aliphatic carbocycles. The van der Waals surface area contributed by atoms with Gasteiger partial charge in [0.05, 0.1) is 16.6 Å². The van der Waals surface area contributed by atoms with Crippen molar-refractivity contribution < 1.29 is 0 Å². The Balaban J connectivity index is 1.70. The molecule has 2 N–H and O–H groups in total. The summed E-state index contributed by atoms with van der Waals surface area (Å²) in [6.45, 7) is 4.42. The highest BCUT2D eigenvalue weighted by Crippen LogP contribution is 2.44. The second kappa shape index (κ2) is 6.56. The second-order valence-electron chi connectivity index (χ2n) is 8.36. The number of aromatic amines is 1. The molecule has 3 nitrogen and oxygen atoms in total. The zero-order valence-corrected chi connectivity index (χ0v) is 20.9. The minimum atomic E-state index is -0.0952. The van der Waals surface area contributed by atoms with Gasteiger partial charge in [-0.05, 0) is 94.1 Å². The first-order chi connectivity index (χ1) is 14.4. The molecule has 1 aliphatic heterocycles. The summed E-state index contributed by atoms with van der Waals surface area (Å²) in [7, 11) is 0. The highest BCUT2D eigenvalue weighted by molar-refractivity contribution is 14.1. The average Bonchev–Trinajstić information content (AvgIpc) is 3.25. The van der Waals surface area contributed by atoms with Crippen molar-refractivity contribution in [1.82, 2.24) is 15.3 Å². The number of nitrogens with zero attached hydrogens (tertiary/aromatic N) is 1. The number of imidazole rings is 1. The van der Waals surface area contributed by atoms with Gasteiger partial charge in [-0.25, -0.2) is 4.98 Å². The monoisotopic (exact) mass is 615 g/mol. The molecule has 0 fully saturated rings. The fourth-order valence-corrected chi connectivity index (χ4v) is 6.06. The summed E-state index contributed by atoms with van der Waals surface area (Å²) in [5, 5.41) is 8.66. The van der Waals surface area contributed by atoms with Gasteiger partial charge >= 0.3 is 0 Å². The van der Waals surface area contributed by atoms with Gasteiger partial charge in [0, 0.05) is 35.1 Å². The van der Waals surface area contributed by atoms with Crippen molar-refractivity contribution in [2.45, 2.75) is 19.4 Å². The maximum atomic E-state index is 5.20. The third-order valence-corrected chi connectivity index (χ3v) is 7.75. The van der Waals surface area contributed by atoms with E-state index in [4.69, 9.17) is 4.98 Å². The summed E-state index contributed by atoms with van der Waals surface area (Å²) >= 11 is 4.78. The van der Waals surface area contributed by atoms with Crippen molar-refractivity contribution in [2.75, 3.05) is 0 Å². The Morgan fingerprint density at radius 3 is 2.40 bits per heavy atom. The van der Waals surface area contributed by atoms with E-state index in [9.17, 15) is 0 Å². The quantitative estimate of drug-likeness (QED) is 0.181.